The van der Waals surface area contributed by atoms with Crippen molar-refractivity contribution in [2.75, 3.05) is 41.8 Å². The van der Waals surface area contributed by atoms with Crippen LogP contribution in [-0.4, -0.2) is 55.2 Å². The average Bonchev–Trinajstić information content (AvgIpc) is 3.10. The van der Waals surface area contributed by atoms with Gasteiger partial charge in [-0.2, -0.15) is 0 Å². The van der Waals surface area contributed by atoms with Crippen molar-refractivity contribution >= 4 is 70.0 Å². The van der Waals surface area contributed by atoms with Gasteiger partial charge >= 0.3 is 0 Å². The average molecular weight is 705 g/mol. The molecule has 0 bridgehead atoms. The van der Waals surface area contributed by atoms with E-state index in [4.69, 9.17) is 33.7 Å². The van der Waals surface area contributed by atoms with Crippen LogP contribution in [0.3, 0.4) is 0 Å². The summed E-state index contributed by atoms with van der Waals surface area (Å²) in [6.45, 7) is 4.39. The van der Waals surface area contributed by atoms with Crippen LogP contribution in [0.5, 0.6) is 0 Å². The summed E-state index contributed by atoms with van der Waals surface area (Å²) in [4.78, 5) is 55.1. The van der Waals surface area contributed by atoms with Gasteiger partial charge < -0.3 is 25.6 Å². The first-order valence-electron chi connectivity index (χ1n) is 16.0. The number of hydrogen-bond acceptors (Lipinski definition) is 6. The Balaban J connectivity index is 1.28. The van der Waals surface area contributed by atoms with Crippen molar-refractivity contribution in [1.82, 2.24) is 4.90 Å². The lowest BCUT2D eigenvalue weighted by Crippen LogP contribution is -2.40. The number of amides is 4. The first-order valence-corrected chi connectivity index (χ1v) is 16.8. The summed E-state index contributed by atoms with van der Waals surface area (Å²) >= 11 is 13.2. The summed E-state index contributed by atoms with van der Waals surface area (Å²) in [6, 6.07) is 18.2. The Labute approximate surface area is 296 Å². The number of nitrogens with two attached hydrogens (primary N) is 1. The second-order valence-corrected chi connectivity index (χ2v) is 12.8. The molecule has 3 aromatic rings. The van der Waals surface area contributed by atoms with E-state index in [0.717, 1.165) is 16.8 Å². The van der Waals surface area contributed by atoms with Crippen LogP contribution in [-0.2, 0) is 36.9 Å². The van der Waals surface area contributed by atoms with Gasteiger partial charge in [0.05, 0.1) is 28.6 Å². The van der Waals surface area contributed by atoms with Gasteiger partial charge in [0.15, 0.2) is 0 Å². The summed E-state index contributed by atoms with van der Waals surface area (Å²) in [5, 5.41) is 3.63. The van der Waals surface area contributed by atoms with Gasteiger partial charge in [0.25, 0.3) is 5.91 Å². The number of benzene rings is 3. The van der Waals surface area contributed by atoms with Gasteiger partial charge in [0, 0.05) is 61.7 Å². The molecule has 1 fully saturated rings. The Morgan fingerprint density at radius 2 is 1.71 bits per heavy atom. The molecule has 0 aliphatic carbocycles. The zero-order valence-electron chi connectivity index (χ0n) is 27.7. The highest BCUT2D eigenvalue weighted by molar-refractivity contribution is 6.38. The SMILES string of the molecule is CC(=O)N1CCC(C(=O)Nc2ccc(C=CC(=O)N3C(C)=C(OCc4c(Cl)ccc(N(C)C(=O)CN)c4Cl)Cc4ccccc43)cc2)CC1. The first-order chi connectivity index (χ1) is 23.5. The molecule has 0 unspecified atom stereocenters. The van der Waals surface area contributed by atoms with E-state index in [0.29, 0.717) is 65.8 Å². The number of nitrogens with one attached hydrogen (secondary N) is 1. The van der Waals surface area contributed by atoms with Crippen molar-refractivity contribution in [3.8, 4) is 0 Å². The highest BCUT2D eigenvalue weighted by Crippen LogP contribution is 2.37. The lowest BCUT2D eigenvalue weighted by atomic mass is 9.96. The predicted octanol–water partition coefficient (Wildman–Crippen LogP) is 6.16. The van der Waals surface area contributed by atoms with E-state index in [9.17, 15) is 19.2 Å². The van der Waals surface area contributed by atoms with Crippen LogP contribution in [0.25, 0.3) is 6.08 Å². The third-order valence-electron chi connectivity index (χ3n) is 8.92. The molecule has 0 atom stereocenters. The van der Waals surface area contributed by atoms with Gasteiger partial charge in [0.2, 0.25) is 17.7 Å². The van der Waals surface area contributed by atoms with Gasteiger partial charge in [-0.1, -0.05) is 53.5 Å². The van der Waals surface area contributed by atoms with Crippen molar-refractivity contribution in [3.63, 3.8) is 0 Å². The number of hydrogen-bond donors (Lipinski definition) is 2. The molecule has 3 aromatic carbocycles. The van der Waals surface area contributed by atoms with E-state index in [1.165, 1.54) is 11.0 Å². The van der Waals surface area contributed by atoms with Gasteiger partial charge in [-0.25, -0.2) is 0 Å². The lowest BCUT2D eigenvalue weighted by Gasteiger charge is -2.31. The van der Waals surface area contributed by atoms with Crippen LogP contribution in [0, 0.1) is 5.92 Å². The Hall–Kier alpha value is -4.64. The number of anilines is 3. The molecule has 12 heteroatoms. The lowest BCUT2D eigenvalue weighted by molar-refractivity contribution is -0.132. The molecular weight excluding hydrogens is 665 g/mol. The van der Waals surface area contributed by atoms with E-state index in [2.05, 4.69) is 5.32 Å². The standard InChI is InChI=1S/C37H39Cl2N5O5/c1-23-33(49-22-29-30(38)13-14-32(36(29)39)42(3)35(47)21-40)20-27-6-4-5-7-31(27)44(23)34(46)15-10-25-8-11-28(12-9-25)41-37(48)26-16-18-43(19-17-26)24(2)45/h4-15,26H,16-22,40H2,1-3H3,(H,41,48). The topological polar surface area (TPSA) is 125 Å². The zero-order chi connectivity index (χ0) is 35.2. The number of likely N-dealkylation sites (tertiary alicyclic amines) is 1. The molecule has 10 nitrogen and oxygen atoms in total. The monoisotopic (exact) mass is 703 g/mol. The molecule has 0 saturated carbocycles. The van der Waals surface area contributed by atoms with E-state index < -0.39 is 0 Å². The molecule has 1 saturated heterocycles. The molecule has 2 heterocycles. The summed E-state index contributed by atoms with van der Waals surface area (Å²) in [5.74, 6) is -0.153. The molecule has 0 radical (unpaired) electrons. The maximum atomic E-state index is 13.7. The van der Waals surface area contributed by atoms with Gasteiger partial charge in [-0.05, 0) is 67.3 Å². The normalized spacial score (nSPS) is 14.9. The Morgan fingerprint density at radius 1 is 1.02 bits per heavy atom. The largest absolute Gasteiger partial charge is 0.491 e. The quantitative estimate of drug-likeness (QED) is 0.257. The van der Waals surface area contributed by atoms with Gasteiger partial charge in [-0.15, -0.1) is 0 Å². The molecular formula is C37H39Cl2N5O5. The van der Waals surface area contributed by atoms with Crippen LogP contribution in [0.2, 0.25) is 10.0 Å². The van der Waals surface area contributed by atoms with Crippen LogP contribution < -0.4 is 20.9 Å². The van der Waals surface area contributed by atoms with Crippen LogP contribution in [0.1, 0.15) is 43.4 Å². The minimum absolute atomic E-state index is 0.0172. The summed E-state index contributed by atoms with van der Waals surface area (Å²) in [6.07, 6.45) is 4.96. The molecule has 3 N–H and O–H groups in total. The Bertz CT molecular complexity index is 1820. The molecule has 2 aliphatic heterocycles. The van der Waals surface area contributed by atoms with Gasteiger partial charge in [-0.3, -0.25) is 24.1 Å². The number of para-hydroxylation sites is 1. The second-order valence-electron chi connectivity index (χ2n) is 12.0. The number of carbonyl (C=O) groups is 4. The molecule has 49 heavy (non-hydrogen) atoms. The molecule has 0 spiro atoms. The molecule has 256 valence electrons. The van der Waals surface area contributed by atoms with Crippen LogP contribution >= 0.6 is 23.2 Å². The number of fused-ring (bicyclic) bond motifs is 1. The van der Waals surface area contributed by atoms with Crippen LogP contribution in [0.4, 0.5) is 17.1 Å². The second kappa shape index (κ2) is 15.7. The first kappa shape index (κ1) is 35.7. The number of allylic oxidation sites excluding steroid dienone is 2. The number of nitrogens with zero attached hydrogens (tertiary/aromatic N) is 3. The van der Waals surface area contributed by atoms with Crippen molar-refractivity contribution in [2.24, 2.45) is 11.7 Å². The number of ether oxygens (including phenoxy) is 1. The van der Waals surface area contributed by atoms with Gasteiger partial charge in [0.1, 0.15) is 12.4 Å². The maximum absolute atomic E-state index is 13.7. The minimum atomic E-state index is -0.303. The number of halogens is 2. The van der Waals surface area contributed by atoms with Crippen molar-refractivity contribution in [2.45, 2.75) is 39.7 Å². The molecule has 5 rings (SSSR count). The smallest absolute Gasteiger partial charge is 0.255 e. The summed E-state index contributed by atoms with van der Waals surface area (Å²) in [5.41, 5.74) is 10.2. The highest BCUT2D eigenvalue weighted by atomic mass is 35.5. The number of rotatable bonds is 9. The predicted molar refractivity (Wildman–Crippen MR) is 193 cm³/mol. The van der Waals surface area contributed by atoms with E-state index in [1.807, 2.05) is 43.3 Å². The zero-order valence-corrected chi connectivity index (χ0v) is 29.2. The Morgan fingerprint density at radius 3 is 2.39 bits per heavy atom. The molecule has 4 amide bonds. The fourth-order valence-corrected chi connectivity index (χ4v) is 6.56. The Kier molecular flexibility index (Phi) is 11.4. The van der Waals surface area contributed by atoms with Crippen molar-refractivity contribution in [1.29, 1.82) is 0 Å². The maximum Gasteiger partial charge on any atom is 0.255 e. The molecule has 0 aromatic heterocycles. The van der Waals surface area contributed by atoms with Crippen molar-refractivity contribution < 1.29 is 23.9 Å². The number of carbonyl (C=O) groups excluding carboxylic acids is 4. The number of piperidine rings is 1. The van der Waals surface area contributed by atoms with E-state index in [-0.39, 0.29) is 47.7 Å². The third-order valence-corrected chi connectivity index (χ3v) is 9.69. The fourth-order valence-electron chi connectivity index (χ4n) is 5.95. The van der Waals surface area contributed by atoms with Crippen molar-refractivity contribution in [3.05, 3.63) is 105 Å². The summed E-state index contributed by atoms with van der Waals surface area (Å²) in [7, 11) is 1.59. The number of likely N-dealkylation sites (N-methyl/N-ethyl adjacent to an activating group) is 1. The fraction of sp³-hybridized carbons (Fsp3) is 0.297. The summed E-state index contributed by atoms with van der Waals surface area (Å²) < 4.78 is 6.28. The highest BCUT2D eigenvalue weighted by Gasteiger charge is 2.28. The third kappa shape index (κ3) is 8.16. The van der Waals surface area contributed by atoms with E-state index in [1.54, 1.807) is 54.1 Å². The molecule has 2 aliphatic rings. The van der Waals surface area contributed by atoms with Crippen LogP contribution in [0.15, 0.2) is 78.2 Å². The van der Waals surface area contributed by atoms with E-state index >= 15 is 0 Å². The minimum Gasteiger partial charge on any atom is -0.491 e.